The Morgan fingerprint density at radius 1 is 1.44 bits per heavy atom. The molecule has 0 saturated carbocycles. The summed E-state index contributed by atoms with van der Waals surface area (Å²) in [6, 6.07) is 7.26. The van der Waals surface area contributed by atoms with E-state index in [0.717, 1.165) is 5.56 Å². The van der Waals surface area contributed by atoms with E-state index >= 15 is 0 Å². The molecule has 0 saturated heterocycles. The summed E-state index contributed by atoms with van der Waals surface area (Å²) in [7, 11) is 0. The number of rotatable bonds is 5. The minimum absolute atomic E-state index is 0.0470. The third-order valence-electron chi connectivity index (χ3n) is 2.42. The van der Waals surface area contributed by atoms with Crippen molar-refractivity contribution in [3.63, 3.8) is 0 Å². The van der Waals surface area contributed by atoms with Gasteiger partial charge in [-0.2, -0.15) is 0 Å². The number of ketones is 1. The first-order valence-electron chi connectivity index (χ1n) is 5.52. The van der Waals surface area contributed by atoms with Crippen molar-refractivity contribution < 1.29 is 4.79 Å². The van der Waals surface area contributed by atoms with Gasteiger partial charge in [0.1, 0.15) is 6.54 Å². The number of carbonyl (C=O) groups excluding carboxylic acids is 1. The summed E-state index contributed by atoms with van der Waals surface area (Å²) in [6.07, 6.45) is 2.01. The predicted molar refractivity (Wildman–Crippen MR) is 68.1 cm³/mol. The van der Waals surface area contributed by atoms with Crippen LogP contribution < -0.4 is 5.73 Å². The van der Waals surface area contributed by atoms with E-state index in [2.05, 4.69) is 10.3 Å². The molecule has 2 N–H and O–H groups in total. The second kappa shape index (κ2) is 5.75. The second-order valence-electron chi connectivity index (χ2n) is 3.96. The first-order chi connectivity index (χ1) is 8.67. The van der Waals surface area contributed by atoms with Crippen LogP contribution in [-0.4, -0.2) is 20.8 Å². The van der Waals surface area contributed by atoms with Crippen LogP contribution in [0.1, 0.15) is 11.3 Å². The fourth-order valence-electron chi connectivity index (χ4n) is 1.62. The lowest BCUT2D eigenvalue weighted by Gasteiger charge is -2.01. The average Bonchev–Trinajstić information content (AvgIpc) is 2.76. The van der Waals surface area contributed by atoms with E-state index in [1.165, 1.54) is 4.68 Å². The monoisotopic (exact) mass is 264 g/mol. The number of hydrogen-bond acceptors (Lipinski definition) is 4. The number of Topliss-reactive ketones (excluding diaryl/α,β-unsaturated/α-hetero) is 1. The predicted octanol–water partition coefficient (Wildman–Crippen LogP) is 1.20. The summed E-state index contributed by atoms with van der Waals surface area (Å²) in [6.45, 7) is 0.516. The smallest absolute Gasteiger partial charge is 0.158 e. The van der Waals surface area contributed by atoms with Gasteiger partial charge in [-0.1, -0.05) is 28.9 Å². The van der Waals surface area contributed by atoms with Gasteiger partial charge in [-0.3, -0.25) is 4.79 Å². The molecule has 18 heavy (non-hydrogen) atoms. The van der Waals surface area contributed by atoms with Crippen LogP contribution in [0.3, 0.4) is 0 Å². The molecule has 0 aliphatic carbocycles. The molecule has 2 rings (SSSR count). The van der Waals surface area contributed by atoms with Crippen LogP contribution in [0.2, 0.25) is 5.02 Å². The van der Waals surface area contributed by atoms with E-state index in [0.29, 0.717) is 23.7 Å². The highest BCUT2D eigenvalue weighted by Gasteiger charge is 2.07. The van der Waals surface area contributed by atoms with Crippen molar-refractivity contribution in [2.24, 2.45) is 5.73 Å². The maximum Gasteiger partial charge on any atom is 0.158 e. The van der Waals surface area contributed by atoms with E-state index in [1.807, 2.05) is 12.1 Å². The van der Waals surface area contributed by atoms with Crippen LogP contribution in [0.25, 0.3) is 0 Å². The molecule has 0 atom stereocenters. The molecule has 94 valence electrons. The Balaban J connectivity index is 1.96. The van der Waals surface area contributed by atoms with E-state index in [4.69, 9.17) is 17.3 Å². The number of carbonyl (C=O) groups is 1. The molecule has 0 spiro atoms. The Kier molecular flexibility index (Phi) is 4.07. The normalized spacial score (nSPS) is 10.6. The zero-order valence-corrected chi connectivity index (χ0v) is 10.5. The van der Waals surface area contributed by atoms with Crippen LogP contribution in [0.4, 0.5) is 0 Å². The first-order valence-corrected chi connectivity index (χ1v) is 5.90. The summed E-state index contributed by atoms with van der Waals surface area (Å²) < 4.78 is 1.50. The van der Waals surface area contributed by atoms with Crippen molar-refractivity contribution in [2.45, 2.75) is 19.5 Å². The number of nitrogens with zero attached hydrogens (tertiary/aromatic N) is 3. The van der Waals surface area contributed by atoms with E-state index in [-0.39, 0.29) is 12.3 Å². The van der Waals surface area contributed by atoms with E-state index in [1.54, 1.807) is 18.3 Å². The van der Waals surface area contributed by atoms with Gasteiger partial charge in [0.05, 0.1) is 11.9 Å². The minimum atomic E-state index is 0.0470. The van der Waals surface area contributed by atoms with Crippen molar-refractivity contribution in [2.75, 3.05) is 0 Å². The van der Waals surface area contributed by atoms with Crippen LogP contribution in [0.5, 0.6) is 0 Å². The Morgan fingerprint density at radius 2 is 2.28 bits per heavy atom. The third-order valence-corrected chi connectivity index (χ3v) is 2.66. The van der Waals surface area contributed by atoms with Crippen molar-refractivity contribution >= 4 is 17.4 Å². The molecule has 0 aliphatic heterocycles. The third kappa shape index (κ3) is 3.38. The first kappa shape index (κ1) is 12.7. The Hall–Kier alpha value is -1.72. The summed E-state index contributed by atoms with van der Waals surface area (Å²) in [5, 5.41) is 8.28. The summed E-state index contributed by atoms with van der Waals surface area (Å²) >= 11 is 5.86. The van der Waals surface area contributed by atoms with Crippen molar-refractivity contribution in [1.82, 2.24) is 15.0 Å². The van der Waals surface area contributed by atoms with Crippen molar-refractivity contribution in [3.8, 4) is 0 Å². The number of benzene rings is 1. The molecule has 5 nitrogen and oxygen atoms in total. The van der Waals surface area contributed by atoms with Crippen LogP contribution in [0.15, 0.2) is 30.5 Å². The van der Waals surface area contributed by atoms with Gasteiger partial charge in [-0.15, -0.1) is 5.10 Å². The zero-order chi connectivity index (χ0) is 13.0. The SMILES string of the molecule is NCc1cn(CC(=O)Cc2cccc(Cl)c2)nn1. The van der Waals surface area contributed by atoms with Gasteiger partial charge in [0.15, 0.2) is 5.78 Å². The average molecular weight is 265 g/mol. The van der Waals surface area contributed by atoms with E-state index < -0.39 is 0 Å². The van der Waals surface area contributed by atoms with Crippen LogP contribution >= 0.6 is 11.6 Å². The molecule has 0 fully saturated rings. The molecular weight excluding hydrogens is 252 g/mol. The maximum absolute atomic E-state index is 11.8. The second-order valence-corrected chi connectivity index (χ2v) is 4.39. The molecule has 0 bridgehead atoms. The lowest BCUT2D eigenvalue weighted by molar-refractivity contribution is -0.119. The molecule has 6 heteroatoms. The van der Waals surface area contributed by atoms with Gasteiger partial charge in [-0.05, 0) is 17.7 Å². The zero-order valence-electron chi connectivity index (χ0n) is 9.71. The molecule has 0 radical (unpaired) electrons. The fraction of sp³-hybridized carbons (Fsp3) is 0.250. The summed E-state index contributed by atoms with van der Waals surface area (Å²) in [4.78, 5) is 11.8. The van der Waals surface area contributed by atoms with Crippen LogP contribution in [0, 0.1) is 0 Å². The Morgan fingerprint density at radius 3 is 2.94 bits per heavy atom. The van der Waals surface area contributed by atoms with Gasteiger partial charge in [0, 0.05) is 18.0 Å². The van der Waals surface area contributed by atoms with Gasteiger partial charge < -0.3 is 5.73 Å². The molecule has 1 aromatic carbocycles. The maximum atomic E-state index is 11.8. The standard InChI is InChI=1S/C12H13ClN4O/c13-10-3-1-2-9(4-10)5-12(18)8-17-7-11(6-14)15-16-17/h1-4,7H,5-6,8,14H2. The van der Waals surface area contributed by atoms with Gasteiger partial charge >= 0.3 is 0 Å². The minimum Gasteiger partial charge on any atom is -0.325 e. The number of aromatic nitrogens is 3. The van der Waals surface area contributed by atoms with Gasteiger partial charge in [-0.25, -0.2) is 4.68 Å². The Labute approximate surface area is 110 Å². The fourth-order valence-corrected chi connectivity index (χ4v) is 1.83. The molecule has 1 aromatic heterocycles. The largest absolute Gasteiger partial charge is 0.325 e. The van der Waals surface area contributed by atoms with Crippen LogP contribution in [-0.2, 0) is 24.3 Å². The number of nitrogens with two attached hydrogens (primary N) is 1. The Bertz CT molecular complexity index is 553. The van der Waals surface area contributed by atoms with E-state index in [9.17, 15) is 4.79 Å². The van der Waals surface area contributed by atoms with Crippen molar-refractivity contribution in [3.05, 3.63) is 46.7 Å². The highest BCUT2D eigenvalue weighted by Crippen LogP contribution is 2.11. The molecule has 1 heterocycles. The van der Waals surface area contributed by atoms with Crippen molar-refractivity contribution in [1.29, 1.82) is 0 Å². The van der Waals surface area contributed by atoms with Gasteiger partial charge in [0.25, 0.3) is 0 Å². The van der Waals surface area contributed by atoms with Gasteiger partial charge in [0.2, 0.25) is 0 Å². The molecule has 0 amide bonds. The highest BCUT2D eigenvalue weighted by atomic mass is 35.5. The number of halogens is 1. The quantitative estimate of drug-likeness (QED) is 0.881. The highest BCUT2D eigenvalue weighted by molar-refractivity contribution is 6.30. The topological polar surface area (TPSA) is 73.8 Å². The summed E-state index contributed by atoms with van der Waals surface area (Å²) in [5.74, 6) is 0.0470. The lowest BCUT2D eigenvalue weighted by Crippen LogP contribution is -2.13. The summed E-state index contributed by atoms with van der Waals surface area (Å²) in [5.41, 5.74) is 6.99. The lowest BCUT2D eigenvalue weighted by atomic mass is 10.1. The molecular formula is C12H13ClN4O. The molecule has 2 aromatic rings. The number of hydrogen-bond donors (Lipinski definition) is 1. The molecule has 0 unspecified atom stereocenters. The molecule has 0 aliphatic rings.